The van der Waals surface area contributed by atoms with Gasteiger partial charge in [-0.2, -0.15) is 0 Å². The summed E-state index contributed by atoms with van der Waals surface area (Å²) in [4.78, 5) is 14.5. The van der Waals surface area contributed by atoms with Crippen LogP contribution in [0.2, 0.25) is 0 Å². The van der Waals surface area contributed by atoms with Gasteiger partial charge < -0.3 is 10.2 Å². The number of likely N-dealkylation sites (tertiary alicyclic amines) is 1. The van der Waals surface area contributed by atoms with Gasteiger partial charge in [0.05, 0.1) is 6.04 Å². The molecule has 0 radical (unpaired) electrons. The van der Waals surface area contributed by atoms with E-state index < -0.39 is 9.84 Å². The second-order valence-corrected chi connectivity index (χ2v) is 9.06. The lowest BCUT2D eigenvalue weighted by molar-refractivity contribution is 0.121. The van der Waals surface area contributed by atoms with Crippen molar-refractivity contribution in [1.82, 2.24) is 10.2 Å². The van der Waals surface area contributed by atoms with Crippen LogP contribution in [0.25, 0.3) is 0 Å². The Bertz CT molecular complexity index is 726. The Kier molecular flexibility index (Phi) is 5.47. The first kappa shape index (κ1) is 18.0. The van der Waals surface area contributed by atoms with Crippen LogP contribution in [-0.2, 0) is 9.84 Å². The molecule has 6 heteroatoms. The lowest BCUT2D eigenvalue weighted by Crippen LogP contribution is -2.46. The summed E-state index contributed by atoms with van der Waals surface area (Å²) in [5, 5.41) is 3.95. The monoisotopic (exact) mass is 362 g/mol. The average Bonchev–Trinajstić information content (AvgIpc) is 3.43. The highest BCUT2D eigenvalue weighted by Gasteiger charge is 2.39. The second-order valence-electron chi connectivity index (χ2n) is 7.13. The van der Waals surface area contributed by atoms with E-state index in [9.17, 15) is 13.2 Å². The van der Waals surface area contributed by atoms with Crippen molar-refractivity contribution in [1.29, 1.82) is 0 Å². The lowest BCUT2D eigenvalue weighted by atomic mass is 9.84. The lowest BCUT2D eigenvalue weighted by Gasteiger charge is -2.40. The molecule has 1 N–H and O–H groups in total. The number of rotatable bonds is 5. The molecule has 2 amide bonds. The van der Waals surface area contributed by atoms with Gasteiger partial charge in [-0.15, -0.1) is 0 Å². The highest BCUT2D eigenvalue weighted by molar-refractivity contribution is 7.93. The fraction of sp³-hybridized carbons (Fsp3) is 0.526. The number of carbonyl (C=O) groups excluding carboxylic acids is 1. The Morgan fingerprint density at radius 3 is 2.56 bits per heavy atom. The molecule has 1 aromatic rings. The maximum Gasteiger partial charge on any atom is 0.318 e. The Hall–Kier alpha value is -1.82. The topological polar surface area (TPSA) is 66.5 Å². The first-order valence-corrected chi connectivity index (χ1v) is 10.9. The molecule has 1 aliphatic carbocycles. The van der Waals surface area contributed by atoms with E-state index in [1.165, 1.54) is 24.5 Å². The van der Waals surface area contributed by atoms with Gasteiger partial charge in [0.15, 0.2) is 9.84 Å². The third kappa shape index (κ3) is 5.08. The molecule has 1 saturated carbocycles. The fourth-order valence-electron chi connectivity index (χ4n) is 3.69. The summed E-state index contributed by atoms with van der Waals surface area (Å²) < 4.78 is 22.2. The summed E-state index contributed by atoms with van der Waals surface area (Å²) in [6, 6.07) is 10.2. The summed E-state index contributed by atoms with van der Waals surface area (Å²) in [5.74, 6) is 1.55. The summed E-state index contributed by atoms with van der Waals surface area (Å²) in [5.41, 5.74) is 1.18. The van der Waals surface area contributed by atoms with Gasteiger partial charge in [-0.25, -0.2) is 13.2 Å². The molecule has 1 heterocycles. The van der Waals surface area contributed by atoms with Crippen molar-refractivity contribution in [3.05, 3.63) is 47.4 Å². The number of amides is 2. The normalized spacial score (nSPS) is 24.4. The molecule has 0 unspecified atom stereocenters. The van der Waals surface area contributed by atoms with Gasteiger partial charge in [0.25, 0.3) is 0 Å². The number of nitrogens with one attached hydrogen (secondary N) is 1. The first-order chi connectivity index (χ1) is 11.9. The molecular weight excluding hydrogens is 336 g/mol. The Morgan fingerprint density at radius 1 is 1.20 bits per heavy atom. The van der Waals surface area contributed by atoms with Crippen LogP contribution in [0.15, 0.2) is 41.8 Å². The smallest absolute Gasteiger partial charge is 0.318 e. The number of nitrogens with zero attached hydrogens (tertiary/aromatic N) is 1. The molecule has 3 rings (SSSR count). The maximum atomic E-state index is 12.6. The van der Waals surface area contributed by atoms with Crippen molar-refractivity contribution in [2.75, 3.05) is 19.3 Å². The molecule has 0 spiro atoms. The molecule has 136 valence electrons. The molecular formula is C19H26N2O3S. The van der Waals surface area contributed by atoms with Crippen LogP contribution in [0.5, 0.6) is 0 Å². The van der Waals surface area contributed by atoms with E-state index >= 15 is 0 Å². The molecule has 2 aliphatic rings. The predicted octanol–water partition coefficient (Wildman–Crippen LogP) is 3.12. The maximum absolute atomic E-state index is 12.6. The number of hydrogen-bond donors (Lipinski definition) is 1. The van der Waals surface area contributed by atoms with Gasteiger partial charge in [-0.3, -0.25) is 0 Å². The van der Waals surface area contributed by atoms with Gasteiger partial charge in [0.2, 0.25) is 0 Å². The summed E-state index contributed by atoms with van der Waals surface area (Å²) >= 11 is 0. The Labute approximate surface area is 150 Å². The molecule has 5 nitrogen and oxygen atoms in total. The SMILES string of the molecule is CS(=O)(=O)/C=C/CNC(=O)N1CC[C@@H](C2CC2)C[C@H]1c1ccccc1. The van der Waals surface area contributed by atoms with Crippen molar-refractivity contribution < 1.29 is 13.2 Å². The molecule has 1 aliphatic heterocycles. The van der Waals surface area contributed by atoms with E-state index in [0.717, 1.165) is 37.0 Å². The summed E-state index contributed by atoms with van der Waals surface area (Å²) in [6.45, 7) is 0.971. The van der Waals surface area contributed by atoms with Crippen molar-refractivity contribution >= 4 is 15.9 Å². The largest absolute Gasteiger partial charge is 0.334 e. The van der Waals surface area contributed by atoms with Crippen molar-refractivity contribution in [3.63, 3.8) is 0 Å². The number of benzene rings is 1. The minimum absolute atomic E-state index is 0.0967. The number of carbonyl (C=O) groups is 1. The van der Waals surface area contributed by atoms with Crippen LogP contribution in [-0.4, -0.2) is 38.7 Å². The van der Waals surface area contributed by atoms with E-state index in [4.69, 9.17) is 0 Å². The minimum Gasteiger partial charge on any atom is -0.334 e. The molecule has 1 saturated heterocycles. The number of urea groups is 1. The zero-order valence-electron chi connectivity index (χ0n) is 14.6. The van der Waals surface area contributed by atoms with E-state index in [1.54, 1.807) is 0 Å². The van der Waals surface area contributed by atoms with Crippen LogP contribution in [0.4, 0.5) is 4.79 Å². The zero-order chi connectivity index (χ0) is 17.9. The molecule has 0 bridgehead atoms. The van der Waals surface area contributed by atoms with E-state index in [-0.39, 0.29) is 18.6 Å². The molecule has 2 atom stereocenters. The van der Waals surface area contributed by atoms with Crippen molar-refractivity contribution in [2.45, 2.75) is 31.7 Å². The molecule has 2 fully saturated rings. The van der Waals surface area contributed by atoms with Crippen LogP contribution in [0.1, 0.15) is 37.3 Å². The van der Waals surface area contributed by atoms with E-state index in [0.29, 0.717) is 5.92 Å². The zero-order valence-corrected chi connectivity index (χ0v) is 15.4. The van der Waals surface area contributed by atoms with Gasteiger partial charge in [0, 0.05) is 24.8 Å². The summed E-state index contributed by atoms with van der Waals surface area (Å²) in [7, 11) is -3.16. The molecule has 25 heavy (non-hydrogen) atoms. The Morgan fingerprint density at radius 2 is 1.92 bits per heavy atom. The number of sulfone groups is 1. The van der Waals surface area contributed by atoms with Crippen LogP contribution in [0, 0.1) is 11.8 Å². The fourth-order valence-corrected chi connectivity index (χ4v) is 4.14. The van der Waals surface area contributed by atoms with Crippen LogP contribution in [0.3, 0.4) is 0 Å². The van der Waals surface area contributed by atoms with Crippen LogP contribution < -0.4 is 5.32 Å². The quantitative estimate of drug-likeness (QED) is 0.875. The van der Waals surface area contributed by atoms with Crippen LogP contribution >= 0.6 is 0 Å². The standard InChI is InChI=1S/C19H26N2O3S/c1-25(23,24)13-5-11-20-19(22)21-12-10-17(15-8-9-15)14-18(21)16-6-3-2-4-7-16/h2-7,13,15,17-18H,8-12,14H2,1H3,(H,20,22)/b13-5+/t17-,18+/m1/s1. The van der Waals surface area contributed by atoms with Crippen molar-refractivity contribution in [3.8, 4) is 0 Å². The third-order valence-corrected chi connectivity index (χ3v) is 5.78. The highest BCUT2D eigenvalue weighted by atomic mass is 32.2. The third-order valence-electron chi connectivity index (χ3n) is 5.09. The predicted molar refractivity (Wildman–Crippen MR) is 98.7 cm³/mol. The van der Waals surface area contributed by atoms with Gasteiger partial charge in [-0.05, 0) is 43.1 Å². The average molecular weight is 362 g/mol. The first-order valence-electron chi connectivity index (χ1n) is 8.90. The van der Waals surface area contributed by atoms with Crippen molar-refractivity contribution in [2.24, 2.45) is 11.8 Å². The van der Waals surface area contributed by atoms with E-state index in [1.807, 2.05) is 23.1 Å². The number of piperidine rings is 1. The van der Waals surface area contributed by atoms with E-state index in [2.05, 4.69) is 17.4 Å². The molecule has 0 aromatic heterocycles. The Balaban J connectivity index is 1.67. The number of hydrogen-bond acceptors (Lipinski definition) is 3. The highest BCUT2D eigenvalue weighted by Crippen LogP contribution is 2.46. The molecule has 1 aromatic carbocycles. The van der Waals surface area contributed by atoms with Gasteiger partial charge in [0.1, 0.15) is 0 Å². The van der Waals surface area contributed by atoms with Gasteiger partial charge >= 0.3 is 6.03 Å². The minimum atomic E-state index is -3.16. The second kappa shape index (κ2) is 7.60. The van der Waals surface area contributed by atoms with Gasteiger partial charge in [-0.1, -0.05) is 36.4 Å². The summed E-state index contributed by atoms with van der Waals surface area (Å²) in [6.07, 6.45) is 7.34.